The fourth-order valence-electron chi connectivity index (χ4n) is 0.883. The maximum Gasteiger partial charge on any atom is 0.127 e. The van der Waals surface area contributed by atoms with Crippen LogP contribution in [0.5, 0.6) is 0 Å². The van der Waals surface area contributed by atoms with Gasteiger partial charge in [-0.3, -0.25) is 0 Å². The predicted octanol–water partition coefficient (Wildman–Crippen LogP) is -0.975. The number of nitrogens with zero attached hydrogens (tertiary/aromatic N) is 1. The lowest BCUT2D eigenvalue weighted by atomic mass is 10.0. The van der Waals surface area contributed by atoms with E-state index in [1.54, 1.807) is 0 Å². The van der Waals surface area contributed by atoms with Gasteiger partial charge in [-0.05, 0) is 0 Å². The van der Waals surface area contributed by atoms with E-state index in [4.69, 9.17) is 5.73 Å². The molecule has 2 atom stereocenters. The Kier molecular flexibility index (Phi) is 1.91. The molecule has 2 unspecified atom stereocenters. The van der Waals surface area contributed by atoms with Gasteiger partial charge in [-0.2, -0.15) is 5.10 Å². The highest BCUT2D eigenvalue weighted by molar-refractivity contribution is 5.84. The minimum atomic E-state index is -0.584. The molecule has 0 radical (unpaired) electrons. The molecule has 1 heterocycles. The molecule has 0 saturated carbocycles. The molecule has 1 aliphatic heterocycles. The summed E-state index contributed by atoms with van der Waals surface area (Å²) >= 11 is 0. The molecule has 0 spiro atoms. The summed E-state index contributed by atoms with van der Waals surface area (Å²) in [5.74, 6) is 0.352. The van der Waals surface area contributed by atoms with E-state index in [2.05, 4.69) is 17.1 Å². The number of aliphatic hydroxyl groups excluding tert-OH is 1. The Morgan fingerprint density at radius 1 is 2.00 bits per heavy atom. The molecule has 4 heteroatoms. The summed E-state index contributed by atoms with van der Waals surface area (Å²) in [5.41, 5.74) is 8.13. The highest BCUT2D eigenvalue weighted by Gasteiger charge is 2.23. The van der Waals surface area contributed by atoms with Crippen LogP contribution < -0.4 is 11.2 Å². The lowest BCUT2D eigenvalue weighted by Crippen LogP contribution is -2.32. The summed E-state index contributed by atoms with van der Waals surface area (Å²) in [5, 5.41) is 12.9. The van der Waals surface area contributed by atoms with Gasteiger partial charge in [-0.15, -0.1) is 6.58 Å². The molecule has 56 valence electrons. The number of amidine groups is 1. The van der Waals surface area contributed by atoms with Crippen molar-refractivity contribution in [1.29, 1.82) is 0 Å². The summed E-state index contributed by atoms with van der Waals surface area (Å²) in [6, 6.07) is 0. The second-order valence-electron chi connectivity index (χ2n) is 2.23. The number of hydrogen-bond acceptors (Lipinski definition) is 4. The third-order valence-corrected chi connectivity index (χ3v) is 1.55. The van der Waals surface area contributed by atoms with Gasteiger partial charge in [-0.1, -0.05) is 6.08 Å². The zero-order valence-electron chi connectivity index (χ0n) is 5.62. The van der Waals surface area contributed by atoms with Crippen molar-refractivity contribution in [3.8, 4) is 0 Å². The first-order valence-electron chi connectivity index (χ1n) is 3.12. The molecular weight excluding hydrogens is 130 g/mol. The molecule has 1 rings (SSSR count). The SMILES string of the molecule is C=CC(O)C1CNN=C1N. The van der Waals surface area contributed by atoms with Crippen LogP contribution in [-0.4, -0.2) is 23.6 Å². The summed E-state index contributed by atoms with van der Waals surface area (Å²) in [6.07, 6.45) is 0.874. The van der Waals surface area contributed by atoms with Crippen LogP contribution in [0.3, 0.4) is 0 Å². The number of hydrazone groups is 1. The molecule has 0 bridgehead atoms. The normalized spacial score (nSPS) is 26.9. The Morgan fingerprint density at radius 3 is 3.10 bits per heavy atom. The summed E-state index contributed by atoms with van der Waals surface area (Å²) in [4.78, 5) is 0. The third kappa shape index (κ3) is 1.11. The van der Waals surface area contributed by atoms with Crippen molar-refractivity contribution in [1.82, 2.24) is 5.43 Å². The van der Waals surface area contributed by atoms with E-state index < -0.39 is 6.10 Å². The van der Waals surface area contributed by atoms with Crippen molar-refractivity contribution < 1.29 is 5.11 Å². The highest BCUT2D eigenvalue weighted by atomic mass is 16.3. The maximum atomic E-state index is 9.21. The quantitative estimate of drug-likeness (QED) is 0.433. The Labute approximate surface area is 59.4 Å². The van der Waals surface area contributed by atoms with E-state index in [0.717, 1.165) is 0 Å². The predicted molar refractivity (Wildman–Crippen MR) is 39.3 cm³/mol. The van der Waals surface area contributed by atoms with Gasteiger partial charge >= 0.3 is 0 Å². The number of nitrogens with one attached hydrogen (secondary N) is 1. The summed E-state index contributed by atoms with van der Waals surface area (Å²) in [6.45, 7) is 4.05. The Hall–Kier alpha value is -1.03. The topological polar surface area (TPSA) is 70.6 Å². The van der Waals surface area contributed by atoms with Crippen LogP contribution in [0.25, 0.3) is 0 Å². The van der Waals surface area contributed by atoms with E-state index >= 15 is 0 Å². The van der Waals surface area contributed by atoms with Gasteiger partial charge in [0.25, 0.3) is 0 Å². The second-order valence-corrected chi connectivity index (χ2v) is 2.23. The first kappa shape index (κ1) is 7.08. The molecule has 10 heavy (non-hydrogen) atoms. The largest absolute Gasteiger partial charge is 0.388 e. The zero-order valence-corrected chi connectivity index (χ0v) is 5.62. The number of hydrogen-bond donors (Lipinski definition) is 3. The fraction of sp³-hybridized carbons (Fsp3) is 0.500. The highest BCUT2D eigenvalue weighted by Crippen LogP contribution is 2.07. The van der Waals surface area contributed by atoms with Crippen molar-refractivity contribution >= 4 is 5.84 Å². The van der Waals surface area contributed by atoms with Gasteiger partial charge in [0.2, 0.25) is 0 Å². The Bertz CT molecular complexity index is 166. The Balaban J connectivity index is 2.57. The van der Waals surface area contributed by atoms with E-state index in [0.29, 0.717) is 12.4 Å². The molecule has 1 aliphatic rings. The summed E-state index contributed by atoms with van der Waals surface area (Å²) in [7, 11) is 0. The fourth-order valence-corrected chi connectivity index (χ4v) is 0.883. The van der Waals surface area contributed by atoms with E-state index in [9.17, 15) is 5.11 Å². The van der Waals surface area contributed by atoms with Gasteiger partial charge in [0, 0.05) is 6.54 Å². The van der Waals surface area contributed by atoms with E-state index in [-0.39, 0.29) is 5.92 Å². The van der Waals surface area contributed by atoms with Crippen molar-refractivity contribution in [2.75, 3.05) is 6.54 Å². The average molecular weight is 141 g/mol. The first-order chi connectivity index (χ1) is 4.75. The van der Waals surface area contributed by atoms with Crippen LogP contribution in [0, 0.1) is 5.92 Å². The minimum Gasteiger partial charge on any atom is -0.388 e. The van der Waals surface area contributed by atoms with Crippen LogP contribution in [0.4, 0.5) is 0 Å². The first-order valence-corrected chi connectivity index (χ1v) is 3.12. The second kappa shape index (κ2) is 2.70. The molecule has 0 aliphatic carbocycles. The van der Waals surface area contributed by atoms with Gasteiger partial charge < -0.3 is 16.3 Å². The van der Waals surface area contributed by atoms with E-state index in [1.807, 2.05) is 0 Å². The number of aliphatic hydroxyl groups is 1. The third-order valence-electron chi connectivity index (χ3n) is 1.55. The minimum absolute atomic E-state index is 0.0995. The van der Waals surface area contributed by atoms with Crippen LogP contribution >= 0.6 is 0 Å². The van der Waals surface area contributed by atoms with Crippen molar-refractivity contribution in [3.63, 3.8) is 0 Å². The zero-order chi connectivity index (χ0) is 7.56. The van der Waals surface area contributed by atoms with Gasteiger partial charge in [0.1, 0.15) is 5.84 Å². The maximum absolute atomic E-state index is 9.21. The molecule has 4 nitrogen and oxygen atoms in total. The molecule has 4 N–H and O–H groups in total. The lowest BCUT2D eigenvalue weighted by molar-refractivity contribution is 0.189. The van der Waals surface area contributed by atoms with E-state index in [1.165, 1.54) is 6.08 Å². The molecule has 0 amide bonds. The Morgan fingerprint density at radius 2 is 2.70 bits per heavy atom. The van der Waals surface area contributed by atoms with Crippen LogP contribution in [-0.2, 0) is 0 Å². The number of nitrogens with two attached hydrogens (primary N) is 1. The van der Waals surface area contributed by atoms with Gasteiger partial charge in [0.15, 0.2) is 0 Å². The smallest absolute Gasteiger partial charge is 0.127 e. The standard InChI is InChI=1S/C6H11N3O/c1-2-5(10)4-3-8-9-6(4)7/h2,4-5,8,10H,1,3H2,(H2,7,9). The van der Waals surface area contributed by atoms with Crippen LogP contribution in [0.1, 0.15) is 0 Å². The lowest BCUT2D eigenvalue weighted by Gasteiger charge is -2.11. The van der Waals surface area contributed by atoms with Gasteiger partial charge in [0.05, 0.1) is 12.0 Å². The molecule has 0 aromatic rings. The monoisotopic (exact) mass is 141 g/mol. The molecule has 0 saturated heterocycles. The number of rotatable bonds is 2. The molecule has 0 fully saturated rings. The van der Waals surface area contributed by atoms with Gasteiger partial charge in [-0.25, -0.2) is 0 Å². The molecular formula is C6H11N3O. The van der Waals surface area contributed by atoms with Crippen molar-refractivity contribution in [2.45, 2.75) is 6.10 Å². The van der Waals surface area contributed by atoms with Crippen LogP contribution in [0.2, 0.25) is 0 Å². The molecule has 0 aromatic carbocycles. The van der Waals surface area contributed by atoms with Crippen molar-refractivity contribution in [2.24, 2.45) is 16.8 Å². The van der Waals surface area contributed by atoms with Crippen LogP contribution in [0.15, 0.2) is 17.8 Å². The molecule has 0 aromatic heterocycles. The summed E-state index contributed by atoms with van der Waals surface area (Å²) < 4.78 is 0. The average Bonchev–Trinajstić information content (AvgIpc) is 2.34. The van der Waals surface area contributed by atoms with Crippen molar-refractivity contribution in [3.05, 3.63) is 12.7 Å².